The average molecular weight is 177 g/mol. The van der Waals surface area contributed by atoms with Gasteiger partial charge in [-0.05, 0) is 12.3 Å². The van der Waals surface area contributed by atoms with E-state index in [1.54, 1.807) is 0 Å². The third kappa shape index (κ3) is 1.60. The highest BCUT2D eigenvalue weighted by molar-refractivity contribution is 5.87. The average Bonchev–Trinajstić information content (AvgIpc) is 2.53. The number of carbonyl (C=O) groups is 1. The summed E-state index contributed by atoms with van der Waals surface area (Å²) in [6.07, 6.45) is 7.23. The lowest BCUT2D eigenvalue weighted by atomic mass is 9.64. The smallest absolute Gasteiger partial charge is 0.136 e. The molecule has 0 bridgehead atoms. The molecule has 0 atom stereocenters. The number of hydrogen-bond donors (Lipinski definition) is 0. The fraction of sp³-hybridized carbons (Fsp3) is 0.818. The lowest BCUT2D eigenvalue weighted by molar-refractivity contribution is -0.130. The van der Waals surface area contributed by atoms with Gasteiger partial charge in [0.1, 0.15) is 5.78 Å². The van der Waals surface area contributed by atoms with E-state index >= 15 is 0 Å². The number of nitriles is 1. The van der Waals surface area contributed by atoms with E-state index in [-0.39, 0.29) is 11.2 Å². The van der Waals surface area contributed by atoms with Crippen molar-refractivity contribution in [3.63, 3.8) is 0 Å². The van der Waals surface area contributed by atoms with E-state index in [2.05, 4.69) is 6.07 Å². The predicted molar refractivity (Wildman–Crippen MR) is 48.9 cm³/mol. The molecule has 0 unspecified atom stereocenters. The number of Topliss-reactive ketones (excluding diaryl/α,β-unsaturated/α-hetero) is 1. The van der Waals surface area contributed by atoms with Crippen molar-refractivity contribution >= 4 is 5.78 Å². The summed E-state index contributed by atoms with van der Waals surface area (Å²) in [7, 11) is 0. The van der Waals surface area contributed by atoms with E-state index in [1.807, 2.05) is 0 Å². The standard InChI is InChI=1S/C11H15NO/c12-8-11(6-10(13)7-11)5-9-3-1-2-4-9/h9H,1-7H2. The van der Waals surface area contributed by atoms with Crippen molar-refractivity contribution in [3.8, 4) is 6.07 Å². The summed E-state index contributed by atoms with van der Waals surface area (Å²) < 4.78 is 0. The topological polar surface area (TPSA) is 40.9 Å². The van der Waals surface area contributed by atoms with Crippen LogP contribution in [0.2, 0.25) is 0 Å². The zero-order valence-corrected chi connectivity index (χ0v) is 7.88. The van der Waals surface area contributed by atoms with Gasteiger partial charge >= 0.3 is 0 Å². The molecular formula is C11H15NO. The second-order valence-electron chi connectivity index (χ2n) is 4.64. The van der Waals surface area contributed by atoms with Gasteiger partial charge in [0, 0.05) is 12.8 Å². The first-order valence-electron chi connectivity index (χ1n) is 5.17. The van der Waals surface area contributed by atoms with Crippen LogP contribution in [0.15, 0.2) is 0 Å². The Kier molecular flexibility index (Phi) is 2.11. The molecule has 0 aromatic carbocycles. The first-order chi connectivity index (χ1) is 6.24. The number of hydrogen-bond acceptors (Lipinski definition) is 2. The Morgan fingerprint density at radius 3 is 2.46 bits per heavy atom. The van der Waals surface area contributed by atoms with Crippen LogP contribution >= 0.6 is 0 Å². The minimum absolute atomic E-state index is 0.244. The monoisotopic (exact) mass is 177 g/mol. The van der Waals surface area contributed by atoms with E-state index in [1.165, 1.54) is 25.7 Å². The van der Waals surface area contributed by atoms with Gasteiger partial charge in [-0.2, -0.15) is 5.26 Å². The van der Waals surface area contributed by atoms with Crippen molar-refractivity contribution in [2.75, 3.05) is 0 Å². The molecule has 70 valence electrons. The first-order valence-corrected chi connectivity index (χ1v) is 5.17. The first kappa shape index (κ1) is 8.74. The van der Waals surface area contributed by atoms with Gasteiger partial charge in [-0.15, -0.1) is 0 Å². The molecule has 0 N–H and O–H groups in total. The highest BCUT2D eigenvalue weighted by atomic mass is 16.1. The van der Waals surface area contributed by atoms with Crippen molar-refractivity contribution in [1.82, 2.24) is 0 Å². The zero-order chi connectivity index (χ0) is 9.31. The molecule has 0 aromatic rings. The Balaban J connectivity index is 1.92. The molecule has 2 aliphatic carbocycles. The SMILES string of the molecule is N#CC1(CC2CCCC2)CC(=O)C1. The number of ketones is 1. The van der Waals surface area contributed by atoms with E-state index in [9.17, 15) is 4.79 Å². The predicted octanol–water partition coefficient (Wildman–Crippen LogP) is 2.44. The fourth-order valence-electron chi connectivity index (χ4n) is 2.74. The maximum Gasteiger partial charge on any atom is 0.136 e. The quantitative estimate of drug-likeness (QED) is 0.650. The molecular weight excluding hydrogens is 162 g/mol. The summed E-state index contributed by atoms with van der Waals surface area (Å²) >= 11 is 0. The second kappa shape index (κ2) is 3.14. The van der Waals surface area contributed by atoms with Crippen molar-refractivity contribution < 1.29 is 4.79 Å². The maximum absolute atomic E-state index is 10.9. The fourth-order valence-corrected chi connectivity index (χ4v) is 2.74. The Labute approximate surface area is 78.9 Å². The molecule has 0 saturated heterocycles. The van der Waals surface area contributed by atoms with Crippen LogP contribution in [0.4, 0.5) is 0 Å². The van der Waals surface area contributed by atoms with Crippen LogP contribution in [0.3, 0.4) is 0 Å². The molecule has 2 fully saturated rings. The van der Waals surface area contributed by atoms with E-state index in [0.29, 0.717) is 12.8 Å². The normalized spacial score (nSPS) is 26.8. The second-order valence-corrected chi connectivity index (χ2v) is 4.64. The molecule has 0 amide bonds. The van der Waals surface area contributed by atoms with Gasteiger partial charge in [0.25, 0.3) is 0 Å². The number of nitrogens with zero attached hydrogens (tertiary/aromatic N) is 1. The van der Waals surface area contributed by atoms with Gasteiger partial charge in [-0.3, -0.25) is 4.79 Å². The maximum atomic E-state index is 10.9. The highest BCUT2D eigenvalue weighted by Crippen LogP contribution is 2.46. The van der Waals surface area contributed by atoms with Gasteiger partial charge in [-0.1, -0.05) is 25.7 Å². The van der Waals surface area contributed by atoms with Gasteiger partial charge < -0.3 is 0 Å². The summed E-state index contributed by atoms with van der Waals surface area (Å²) in [4.78, 5) is 10.9. The van der Waals surface area contributed by atoms with Gasteiger partial charge in [-0.25, -0.2) is 0 Å². The van der Waals surface area contributed by atoms with E-state index in [0.717, 1.165) is 12.3 Å². The lowest BCUT2D eigenvalue weighted by Gasteiger charge is -2.35. The minimum atomic E-state index is -0.244. The molecule has 0 heterocycles. The Bertz CT molecular complexity index is 250. The van der Waals surface area contributed by atoms with Crippen molar-refractivity contribution in [1.29, 1.82) is 5.26 Å². The van der Waals surface area contributed by atoms with Crippen LogP contribution in [0.1, 0.15) is 44.9 Å². The van der Waals surface area contributed by atoms with Crippen molar-refractivity contribution in [2.24, 2.45) is 11.3 Å². The van der Waals surface area contributed by atoms with Crippen LogP contribution < -0.4 is 0 Å². The molecule has 0 spiro atoms. The summed E-state index contributed by atoms with van der Waals surface area (Å²) in [5, 5.41) is 9.01. The molecule has 13 heavy (non-hydrogen) atoms. The third-order valence-corrected chi connectivity index (χ3v) is 3.46. The third-order valence-electron chi connectivity index (χ3n) is 3.46. The van der Waals surface area contributed by atoms with Crippen molar-refractivity contribution in [3.05, 3.63) is 0 Å². The van der Waals surface area contributed by atoms with Crippen molar-refractivity contribution in [2.45, 2.75) is 44.9 Å². The number of carbonyl (C=O) groups excluding carboxylic acids is 1. The molecule has 0 aromatic heterocycles. The van der Waals surface area contributed by atoms with Crippen LogP contribution in [0.25, 0.3) is 0 Å². The van der Waals surface area contributed by atoms with E-state index in [4.69, 9.17) is 5.26 Å². The molecule has 2 nitrogen and oxygen atoms in total. The summed E-state index contributed by atoms with van der Waals surface area (Å²) in [6.45, 7) is 0. The highest BCUT2D eigenvalue weighted by Gasteiger charge is 2.45. The summed E-state index contributed by atoms with van der Waals surface area (Å²) in [5.74, 6) is 1.01. The Morgan fingerprint density at radius 1 is 1.38 bits per heavy atom. The Hall–Kier alpha value is -0.840. The largest absolute Gasteiger partial charge is 0.300 e. The minimum Gasteiger partial charge on any atom is -0.300 e. The van der Waals surface area contributed by atoms with Crippen LogP contribution in [0.5, 0.6) is 0 Å². The van der Waals surface area contributed by atoms with Crippen LogP contribution in [0, 0.1) is 22.7 Å². The summed E-state index contributed by atoms with van der Waals surface area (Å²) in [6, 6.07) is 2.35. The molecule has 2 aliphatic rings. The van der Waals surface area contributed by atoms with Gasteiger partial charge in [0.05, 0.1) is 11.5 Å². The van der Waals surface area contributed by atoms with Crippen LogP contribution in [-0.2, 0) is 4.79 Å². The van der Waals surface area contributed by atoms with Gasteiger partial charge in [0.2, 0.25) is 0 Å². The summed E-state index contributed by atoms with van der Waals surface area (Å²) in [5.41, 5.74) is -0.244. The molecule has 2 heteroatoms. The lowest BCUT2D eigenvalue weighted by Crippen LogP contribution is -2.37. The van der Waals surface area contributed by atoms with Gasteiger partial charge in [0.15, 0.2) is 0 Å². The van der Waals surface area contributed by atoms with Crippen LogP contribution in [-0.4, -0.2) is 5.78 Å². The number of rotatable bonds is 2. The molecule has 2 rings (SSSR count). The van der Waals surface area contributed by atoms with E-state index < -0.39 is 0 Å². The molecule has 2 saturated carbocycles. The molecule has 0 aliphatic heterocycles. The Morgan fingerprint density at radius 2 is 2.00 bits per heavy atom. The molecule has 0 radical (unpaired) electrons. The zero-order valence-electron chi connectivity index (χ0n) is 7.88.